The molecule has 92 valence electrons. The Labute approximate surface area is 111 Å². The number of Topliss-reactive ketones (excluding diaryl/α,β-unsaturated/α-hetero) is 1. The molecule has 0 fully saturated rings. The predicted octanol–water partition coefficient (Wildman–Crippen LogP) is 3.23. The first kappa shape index (κ1) is 12.8. The van der Waals surface area contributed by atoms with Gasteiger partial charge in [-0.2, -0.15) is 0 Å². The van der Waals surface area contributed by atoms with Crippen molar-refractivity contribution >= 4 is 17.5 Å². The van der Waals surface area contributed by atoms with Gasteiger partial charge in [0.15, 0.2) is 5.78 Å². The Morgan fingerprint density at radius 3 is 2.67 bits per heavy atom. The van der Waals surface area contributed by atoms with Crippen molar-refractivity contribution in [3.63, 3.8) is 0 Å². The quantitative estimate of drug-likeness (QED) is 0.469. The Kier molecular flexibility index (Phi) is 4.47. The second-order valence-corrected chi connectivity index (χ2v) is 5.02. The van der Waals surface area contributed by atoms with Crippen LogP contribution < -0.4 is 0 Å². The predicted molar refractivity (Wildman–Crippen MR) is 72.7 cm³/mol. The third-order valence-electron chi connectivity index (χ3n) is 2.54. The van der Waals surface area contributed by atoms with Crippen molar-refractivity contribution < 1.29 is 4.79 Å². The van der Waals surface area contributed by atoms with Crippen LogP contribution in [0, 0.1) is 0 Å². The highest BCUT2D eigenvalue weighted by Gasteiger charge is 2.19. The minimum atomic E-state index is -0.0951. The van der Waals surface area contributed by atoms with Crippen molar-refractivity contribution in [2.75, 3.05) is 0 Å². The van der Waals surface area contributed by atoms with E-state index in [9.17, 15) is 4.79 Å². The number of rotatable bonds is 5. The minimum Gasteiger partial charge on any atom is -0.293 e. The summed E-state index contributed by atoms with van der Waals surface area (Å²) in [6.45, 7) is 2.01. The topological polar surface area (TPSA) is 42.9 Å². The maximum atomic E-state index is 12.3. The molecular formula is C14H14N2OS. The highest BCUT2D eigenvalue weighted by Crippen LogP contribution is 2.25. The van der Waals surface area contributed by atoms with Crippen LogP contribution in [-0.4, -0.2) is 21.0 Å². The lowest BCUT2D eigenvalue weighted by Gasteiger charge is -2.12. The van der Waals surface area contributed by atoms with E-state index in [1.807, 2.05) is 43.3 Å². The summed E-state index contributed by atoms with van der Waals surface area (Å²) in [5.74, 6) is 0.154. The molecule has 2 rings (SSSR count). The summed E-state index contributed by atoms with van der Waals surface area (Å²) in [7, 11) is 0. The lowest BCUT2D eigenvalue weighted by molar-refractivity contribution is 0.0988. The molecule has 0 radical (unpaired) electrons. The molecule has 1 aromatic carbocycles. The molecular weight excluding hydrogens is 244 g/mol. The molecule has 0 amide bonds. The largest absolute Gasteiger partial charge is 0.293 e. The van der Waals surface area contributed by atoms with Crippen LogP contribution in [0.3, 0.4) is 0 Å². The first-order valence-corrected chi connectivity index (χ1v) is 6.71. The highest BCUT2D eigenvalue weighted by molar-refractivity contribution is 8.00. The summed E-state index contributed by atoms with van der Waals surface area (Å²) in [4.78, 5) is 20.3. The van der Waals surface area contributed by atoms with Crippen LogP contribution in [0.4, 0.5) is 0 Å². The van der Waals surface area contributed by atoms with Crippen molar-refractivity contribution in [1.29, 1.82) is 0 Å². The standard InChI is InChI=1S/C14H14N2OS/c1-2-12(18-13-8-9-15-10-16-13)14(17)11-6-4-3-5-7-11/h3-10,12H,2H2,1H3. The fourth-order valence-electron chi connectivity index (χ4n) is 1.60. The van der Waals surface area contributed by atoms with E-state index in [-0.39, 0.29) is 11.0 Å². The number of hydrogen-bond donors (Lipinski definition) is 0. The van der Waals surface area contributed by atoms with Gasteiger partial charge in [-0.1, -0.05) is 49.0 Å². The number of nitrogens with zero attached hydrogens (tertiary/aromatic N) is 2. The number of benzene rings is 1. The molecule has 0 saturated carbocycles. The first-order valence-electron chi connectivity index (χ1n) is 5.83. The third-order valence-corrected chi connectivity index (χ3v) is 3.85. The van der Waals surface area contributed by atoms with Gasteiger partial charge >= 0.3 is 0 Å². The van der Waals surface area contributed by atoms with E-state index in [1.165, 1.54) is 18.1 Å². The van der Waals surface area contributed by atoms with Crippen molar-refractivity contribution in [1.82, 2.24) is 9.97 Å². The van der Waals surface area contributed by atoms with E-state index in [4.69, 9.17) is 0 Å². The van der Waals surface area contributed by atoms with Gasteiger partial charge in [0.1, 0.15) is 11.4 Å². The molecule has 1 aromatic heterocycles. The zero-order chi connectivity index (χ0) is 12.8. The van der Waals surface area contributed by atoms with Gasteiger partial charge in [0, 0.05) is 11.8 Å². The van der Waals surface area contributed by atoms with Crippen LogP contribution >= 0.6 is 11.8 Å². The van der Waals surface area contributed by atoms with E-state index >= 15 is 0 Å². The summed E-state index contributed by atoms with van der Waals surface area (Å²) < 4.78 is 0. The lowest BCUT2D eigenvalue weighted by atomic mass is 10.1. The Morgan fingerprint density at radius 2 is 2.06 bits per heavy atom. The molecule has 4 heteroatoms. The van der Waals surface area contributed by atoms with E-state index in [0.29, 0.717) is 0 Å². The monoisotopic (exact) mass is 258 g/mol. The van der Waals surface area contributed by atoms with Gasteiger partial charge in [0.2, 0.25) is 0 Å². The number of carbonyl (C=O) groups is 1. The van der Waals surface area contributed by atoms with Crippen LogP contribution in [0.1, 0.15) is 23.7 Å². The smallest absolute Gasteiger partial charge is 0.176 e. The van der Waals surface area contributed by atoms with E-state index in [2.05, 4.69) is 9.97 Å². The summed E-state index contributed by atoms with van der Waals surface area (Å²) in [5.41, 5.74) is 0.755. The fraction of sp³-hybridized carbons (Fsp3) is 0.214. The highest BCUT2D eigenvalue weighted by atomic mass is 32.2. The van der Waals surface area contributed by atoms with Gasteiger partial charge in [-0.25, -0.2) is 9.97 Å². The summed E-state index contributed by atoms with van der Waals surface area (Å²) in [6.07, 6.45) is 3.97. The molecule has 0 aliphatic carbocycles. The summed E-state index contributed by atoms with van der Waals surface area (Å²) >= 11 is 1.49. The van der Waals surface area contributed by atoms with E-state index in [1.54, 1.807) is 6.20 Å². The third kappa shape index (κ3) is 3.17. The number of aromatic nitrogens is 2. The molecule has 0 spiro atoms. The maximum Gasteiger partial charge on any atom is 0.176 e. The van der Waals surface area contributed by atoms with E-state index < -0.39 is 0 Å². The Bertz CT molecular complexity index is 502. The number of hydrogen-bond acceptors (Lipinski definition) is 4. The second kappa shape index (κ2) is 6.31. The van der Waals surface area contributed by atoms with Gasteiger partial charge in [-0.05, 0) is 12.5 Å². The van der Waals surface area contributed by atoms with Gasteiger partial charge in [-0.3, -0.25) is 4.79 Å². The molecule has 18 heavy (non-hydrogen) atoms. The van der Waals surface area contributed by atoms with Crippen LogP contribution in [-0.2, 0) is 0 Å². The number of thioether (sulfide) groups is 1. The molecule has 0 bridgehead atoms. The average Bonchev–Trinajstić information content (AvgIpc) is 2.46. The zero-order valence-corrected chi connectivity index (χ0v) is 10.9. The molecule has 0 N–H and O–H groups in total. The average molecular weight is 258 g/mol. The normalized spacial score (nSPS) is 12.1. The van der Waals surface area contributed by atoms with Crippen LogP contribution in [0.2, 0.25) is 0 Å². The fourth-order valence-corrected chi connectivity index (χ4v) is 2.55. The van der Waals surface area contributed by atoms with Crippen molar-refractivity contribution in [2.24, 2.45) is 0 Å². The molecule has 1 atom stereocenters. The Hall–Kier alpha value is -1.68. The van der Waals surface area contributed by atoms with Crippen LogP contribution in [0.15, 0.2) is 53.9 Å². The van der Waals surface area contributed by atoms with E-state index in [0.717, 1.165) is 17.0 Å². The van der Waals surface area contributed by atoms with Crippen molar-refractivity contribution in [2.45, 2.75) is 23.6 Å². The van der Waals surface area contributed by atoms with Crippen LogP contribution in [0.25, 0.3) is 0 Å². The maximum absolute atomic E-state index is 12.3. The van der Waals surface area contributed by atoms with Gasteiger partial charge in [-0.15, -0.1) is 0 Å². The van der Waals surface area contributed by atoms with Gasteiger partial charge < -0.3 is 0 Å². The molecule has 3 nitrogen and oxygen atoms in total. The summed E-state index contributed by atoms with van der Waals surface area (Å²) in [5, 5.41) is 0.739. The number of carbonyl (C=O) groups excluding carboxylic acids is 1. The first-order chi connectivity index (χ1) is 8.81. The molecule has 2 aromatic rings. The second-order valence-electron chi connectivity index (χ2n) is 3.79. The lowest BCUT2D eigenvalue weighted by Crippen LogP contribution is -2.16. The molecule has 0 aliphatic rings. The van der Waals surface area contributed by atoms with Crippen molar-refractivity contribution in [3.05, 3.63) is 54.5 Å². The molecule has 0 saturated heterocycles. The van der Waals surface area contributed by atoms with Crippen molar-refractivity contribution in [3.8, 4) is 0 Å². The van der Waals surface area contributed by atoms with Gasteiger partial charge in [0.25, 0.3) is 0 Å². The summed E-state index contributed by atoms with van der Waals surface area (Å²) in [6, 6.07) is 11.2. The van der Waals surface area contributed by atoms with Crippen LogP contribution in [0.5, 0.6) is 0 Å². The Morgan fingerprint density at radius 1 is 1.28 bits per heavy atom. The molecule has 1 unspecified atom stereocenters. The molecule has 1 heterocycles. The van der Waals surface area contributed by atoms with Gasteiger partial charge in [0.05, 0.1) is 5.25 Å². The molecule has 0 aliphatic heterocycles. The number of ketones is 1. The zero-order valence-electron chi connectivity index (χ0n) is 10.1. The minimum absolute atomic E-state index is 0.0951. The Balaban J connectivity index is 2.12. The SMILES string of the molecule is CCC(Sc1ccncn1)C(=O)c1ccccc1.